The Morgan fingerprint density at radius 1 is 1.27 bits per heavy atom. The van der Waals surface area contributed by atoms with Crippen molar-refractivity contribution in [3.8, 4) is 0 Å². The summed E-state index contributed by atoms with van der Waals surface area (Å²) in [4.78, 5) is 16.2. The number of nitrogens with zero attached hydrogens (tertiary/aromatic N) is 1. The Labute approximate surface area is 138 Å². The number of hydrogen-bond donors (Lipinski definition) is 2. The van der Waals surface area contributed by atoms with Crippen LogP contribution < -0.4 is 10.6 Å². The van der Waals surface area contributed by atoms with Gasteiger partial charge in [0.1, 0.15) is 5.82 Å². The van der Waals surface area contributed by atoms with E-state index in [0.29, 0.717) is 25.4 Å². The predicted octanol–water partition coefficient (Wildman–Crippen LogP) is 3.08. The van der Waals surface area contributed by atoms with E-state index >= 15 is 0 Å². The van der Waals surface area contributed by atoms with Crippen LogP contribution in [0.5, 0.6) is 0 Å². The molecule has 116 valence electrons. The van der Waals surface area contributed by atoms with Gasteiger partial charge in [-0.05, 0) is 23.8 Å². The van der Waals surface area contributed by atoms with Crippen molar-refractivity contribution in [3.63, 3.8) is 0 Å². The van der Waals surface area contributed by atoms with E-state index in [0.717, 1.165) is 15.7 Å². The van der Waals surface area contributed by atoms with Crippen LogP contribution in [0.3, 0.4) is 0 Å². The molecule has 0 fully saturated rings. The lowest BCUT2D eigenvalue weighted by Gasteiger charge is -2.08. The first-order valence-corrected chi connectivity index (χ1v) is 7.70. The Kier molecular flexibility index (Phi) is 6.36. The summed E-state index contributed by atoms with van der Waals surface area (Å²) in [5, 5.41) is 5.96. The van der Waals surface area contributed by atoms with Crippen LogP contribution in [0.15, 0.2) is 47.1 Å². The third-order valence-corrected chi connectivity index (χ3v) is 3.75. The third-order valence-electron chi connectivity index (χ3n) is 2.98. The van der Waals surface area contributed by atoms with E-state index in [1.54, 1.807) is 19.4 Å². The van der Waals surface area contributed by atoms with Crippen molar-refractivity contribution in [2.24, 2.45) is 0 Å². The highest BCUT2D eigenvalue weighted by molar-refractivity contribution is 9.10. The maximum Gasteiger partial charge on any atom is 0.229 e. The van der Waals surface area contributed by atoms with Crippen LogP contribution in [-0.2, 0) is 16.0 Å². The summed E-state index contributed by atoms with van der Waals surface area (Å²) in [6, 6.07) is 11.3. The van der Waals surface area contributed by atoms with Gasteiger partial charge in [0, 0.05) is 18.1 Å². The molecule has 1 aromatic carbocycles. The Hall–Kier alpha value is -1.92. The second-order valence-electron chi connectivity index (χ2n) is 4.67. The quantitative estimate of drug-likeness (QED) is 0.742. The van der Waals surface area contributed by atoms with Gasteiger partial charge in [-0.3, -0.25) is 4.79 Å². The van der Waals surface area contributed by atoms with Gasteiger partial charge in [0.15, 0.2) is 0 Å². The minimum Gasteiger partial charge on any atom is -0.383 e. The molecular formula is C16H18BrN3O2. The molecule has 0 saturated carbocycles. The zero-order valence-electron chi connectivity index (χ0n) is 12.3. The van der Waals surface area contributed by atoms with Crippen molar-refractivity contribution in [2.75, 3.05) is 30.9 Å². The third kappa shape index (κ3) is 5.13. The molecule has 0 bridgehead atoms. The summed E-state index contributed by atoms with van der Waals surface area (Å²) < 4.78 is 5.89. The number of methoxy groups -OCH3 is 1. The number of carbonyl (C=O) groups excluding carboxylic acids is 1. The van der Waals surface area contributed by atoms with Crippen molar-refractivity contribution in [1.29, 1.82) is 0 Å². The minimum absolute atomic E-state index is 0.0977. The highest BCUT2D eigenvalue weighted by Crippen LogP contribution is 2.17. The van der Waals surface area contributed by atoms with Gasteiger partial charge in [0.25, 0.3) is 0 Å². The molecule has 1 heterocycles. The van der Waals surface area contributed by atoms with Crippen molar-refractivity contribution < 1.29 is 9.53 Å². The number of hydrogen-bond acceptors (Lipinski definition) is 4. The van der Waals surface area contributed by atoms with Gasteiger partial charge < -0.3 is 15.4 Å². The lowest BCUT2D eigenvalue weighted by atomic mass is 10.1. The van der Waals surface area contributed by atoms with Gasteiger partial charge in [-0.2, -0.15) is 0 Å². The zero-order chi connectivity index (χ0) is 15.8. The number of amides is 1. The summed E-state index contributed by atoms with van der Waals surface area (Å²) in [6.07, 6.45) is 1.99. The molecule has 0 saturated heterocycles. The summed E-state index contributed by atoms with van der Waals surface area (Å²) >= 11 is 3.44. The Bertz CT molecular complexity index is 617. The molecule has 0 aliphatic heterocycles. The van der Waals surface area contributed by atoms with E-state index in [-0.39, 0.29) is 5.91 Å². The Balaban J connectivity index is 1.88. The molecule has 22 heavy (non-hydrogen) atoms. The number of ether oxygens (including phenoxy) is 1. The number of carbonyl (C=O) groups is 1. The van der Waals surface area contributed by atoms with Crippen LogP contribution in [0.1, 0.15) is 5.56 Å². The van der Waals surface area contributed by atoms with E-state index in [1.165, 1.54) is 0 Å². The molecule has 6 heteroatoms. The second-order valence-corrected chi connectivity index (χ2v) is 5.52. The first-order valence-electron chi connectivity index (χ1n) is 6.91. The smallest absolute Gasteiger partial charge is 0.229 e. The van der Waals surface area contributed by atoms with Gasteiger partial charge in [0.2, 0.25) is 5.91 Å². The van der Waals surface area contributed by atoms with Crippen molar-refractivity contribution in [2.45, 2.75) is 6.42 Å². The van der Waals surface area contributed by atoms with E-state index in [4.69, 9.17) is 4.74 Å². The molecule has 0 unspecified atom stereocenters. The van der Waals surface area contributed by atoms with Crippen molar-refractivity contribution >= 4 is 33.3 Å². The SMILES string of the molecule is COCCNc1ccc(NC(=O)Cc2ccccc2Br)nc1. The maximum atomic E-state index is 12.0. The molecule has 2 rings (SSSR count). The fourth-order valence-corrected chi connectivity index (χ4v) is 2.30. The van der Waals surface area contributed by atoms with Gasteiger partial charge in [0.05, 0.1) is 24.9 Å². The molecule has 0 atom stereocenters. The Morgan fingerprint density at radius 3 is 2.77 bits per heavy atom. The van der Waals surface area contributed by atoms with Gasteiger partial charge in [-0.15, -0.1) is 0 Å². The first-order chi connectivity index (χ1) is 10.7. The average molecular weight is 364 g/mol. The fourth-order valence-electron chi connectivity index (χ4n) is 1.87. The van der Waals surface area contributed by atoms with Gasteiger partial charge in [-0.1, -0.05) is 34.1 Å². The monoisotopic (exact) mass is 363 g/mol. The highest BCUT2D eigenvalue weighted by Gasteiger charge is 2.07. The topological polar surface area (TPSA) is 63.2 Å². The number of aromatic nitrogens is 1. The van der Waals surface area contributed by atoms with E-state index < -0.39 is 0 Å². The summed E-state index contributed by atoms with van der Waals surface area (Å²) in [5.41, 5.74) is 1.83. The average Bonchev–Trinajstić information content (AvgIpc) is 2.51. The number of halogens is 1. The fraction of sp³-hybridized carbons (Fsp3) is 0.250. The molecule has 0 aliphatic carbocycles. The summed E-state index contributed by atoms with van der Waals surface area (Å²) in [6.45, 7) is 1.34. The van der Waals surface area contributed by atoms with Crippen molar-refractivity contribution in [1.82, 2.24) is 4.98 Å². The molecule has 0 spiro atoms. The zero-order valence-corrected chi connectivity index (χ0v) is 13.9. The largest absolute Gasteiger partial charge is 0.383 e. The molecule has 2 aromatic rings. The molecule has 1 aromatic heterocycles. The van der Waals surface area contributed by atoms with E-state index in [2.05, 4.69) is 31.5 Å². The molecule has 0 radical (unpaired) electrons. The van der Waals surface area contributed by atoms with Crippen LogP contribution in [0.2, 0.25) is 0 Å². The number of anilines is 2. The molecular weight excluding hydrogens is 346 g/mol. The number of rotatable bonds is 7. The summed E-state index contributed by atoms with van der Waals surface area (Å²) in [7, 11) is 1.66. The van der Waals surface area contributed by atoms with Crippen molar-refractivity contribution in [3.05, 3.63) is 52.6 Å². The van der Waals surface area contributed by atoms with Gasteiger partial charge >= 0.3 is 0 Å². The Morgan fingerprint density at radius 2 is 2.09 bits per heavy atom. The van der Waals surface area contributed by atoms with Crippen LogP contribution in [-0.4, -0.2) is 31.2 Å². The molecule has 1 amide bonds. The maximum absolute atomic E-state index is 12.0. The van der Waals surface area contributed by atoms with Gasteiger partial charge in [-0.25, -0.2) is 4.98 Å². The number of pyridine rings is 1. The van der Waals surface area contributed by atoms with E-state index in [9.17, 15) is 4.79 Å². The van der Waals surface area contributed by atoms with E-state index in [1.807, 2.05) is 30.3 Å². The number of benzene rings is 1. The second kappa shape index (κ2) is 8.51. The minimum atomic E-state index is -0.0977. The molecule has 2 N–H and O–H groups in total. The first kappa shape index (κ1) is 16.5. The summed E-state index contributed by atoms with van der Waals surface area (Å²) in [5.74, 6) is 0.439. The highest BCUT2D eigenvalue weighted by atomic mass is 79.9. The normalized spacial score (nSPS) is 10.3. The van der Waals surface area contributed by atoms with Crippen LogP contribution >= 0.6 is 15.9 Å². The van der Waals surface area contributed by atoms with Crippen LogP contribution in [0, 0.1) is 0 Å². The number of nitrogens with one attached hydrogen (secondary N) is 2. The lowest BCUT2D eigenvalue weighted by molar-refractivity contribution is -0.115. The lowest BCUT2D eigenvalue weighted by Crippen LogP contribution is -2.15. The predicted molar refractivity (Wildman–Crippen MR) is 91.1 cm³/mol. The standard InChI is InChI=1S/C16H18BrN3O2/c1-22-9-8-18-13-6-7-15(19-11-13)20-16(21)10-12-4-2-3-5-14(12)17/h2-7,11,18H,8-10H2,1H3,(H,19,20,21). The van der Waals surface area contributed by atoms with Crippen LogP contribution in [0.25, 0.3) is 0 Å². The molecule has 5 nitrogen and oxygen atoms in total. The molecule has 0 aliphatic rings. The van der Waals surface area contributed by atoms with Crippen LogP contribution in [0.4, 0.5) is 11.5 Å².